The molecule has 0 radical (unpaired) electrons. The van der Waals surface area contributed by atoms with Crippen molar-refractivity contribution in [3.05, 3.63) is 59.7 Å². The van der Waals surface area contributed by atoms with Crippen molar-refractivity contribution in [2.45, 2.75) is 51.5 Å². The number of carbonyl (C=O) groups excluding carboxylic acids is 2. The van der Waals surface area contributed by atoms with Gasteiger partial charge in [0.1, 0.15) is 0 Å². The molecule has 1 atom stereocenters. The topological polar surface area (TPSA) is 61.4 Å². The minimum absolute atomic E-state index is 0.112. The third kappa shape index (κ3) is 4.25. The maximum Gasteiger partial charge on any atom is 0.253 e. The Bertz CT molecular complexity index is 1010. The van der Waals surface area contributed by atoms with Crippen LogP contribution in [0.5, 0.6) is 0 Å². The molecule has 2 amide bonds. The van der Waals surface area contributed by atoms with Gasteiger partial charge in [0, 0.05) is 25.5 Å². The zero-order valence-corrected chi connectivity index (χ0v) is 19.9. The van der Waals surface area contributed by atoms with E-state index in [0.717, 1.165) is 48.3 Å². The van der Waals surface area contributed by atoms with Crippen molar-refractivity contribution < 1.29 is 9.59 Å². The first kappa shape index (κ1) is 22.0. The molecular formula is C28H35N3O2. The molecule has 174 valence electrons. The van der Waals surface area contributed by atoms with Crippen molar-refractivity contribution in [1.82, 2.24) is 5.32 Å². The first-order valence-corrected chi connectivity index (χ1v) is 12.3. The van der Waals surface area contributed by atoms with Crippen molar-refractivity contribution in [2.24, 2.45) is 23.2 Å². The Morgan fingerprint density at radius 3 is 2.12 bits per heavy atom. The molecule has 5 heteroatoms. The van der Waals surface area contributed by atoms with Gasteiger partial charge in [0.05, 0.1) is 17.0 Å². The highest BCUT2D eigenvalue weighted by Crippen LogP contribution is 2.60. The normalized spacial score (nSPS) is 28.3. The van der Waals surface area contributed by atoms with E-state index in [2.05, 4.69) is 10.6 Å². The summed E-state index contributed by atoms with van der Waals surface area (Å²) in [5.41, 5.74) is 2.97. The van der Waals surface area contributed by atoms with Crippen LogP contribution < -0.4 is 15.5 Å². The zero-order chi connectivity index (χ0) is 23.2. The van der Waals surface area contributed by atoms with Gasteiger partial charge < -0.3 is 15.5 Å². The summed E-state index contributed by atoms with van der Waals surface area (Å²) in [6.45, 7) is 1.99. The minimum Gasteiger partial charge on any atom is -0.377 e. The lowest BCUT2D eigenvalue weighted by Crippen LogP contribution is -2.51. The van der Waals surface area contributed by atoms with E-state index in [1.165, 1.54) is 19.3 Å². The average molecular weight is 446 g/mol. The lowest BCUT2D eigenvalue weighted by atomic mass is 9.49. The lowest BCUT2D eigenvalue weighted by Gasteiger charge is -2.55. The van der Waals surface area contributed by atoms with Gasteiger partial charge in [-0.15, -0.1) is 0 Å². The molecule has 0 saturated heterocycles. The fourth-order valence-electron chi connectivity index (χ4n) is 6.94. The van der Waals surface area contributed by atoms with E-state index in [1.807, 2.05) is 74.4 Å². The summed E-state index contributed by atoms with van der Waals surface area (Å²) in [5, 5.41) is 6.33. The largest absolute Gasteiger partial charge is 0.377 e. The van der Waals surface area contributed by atoms with Gasteiger partial charge in [-0.3, -0.25) is 9.59 Å². The molecule has 0 aromatic heterocycles. The van der Waals surface area contributed by atoms with Crippen LogP contribution in [-0.2, 0) is 4.79 Å². The fourth-order valence-corrected chi connectivity index (χ4v) is 6.94. The van der Waals surface area contributed by atoms with Crippen molar-refractivity contribution in [2.75, 3.05) is 24.3 Å². The monoisotopic (exact) mass is 445 g/mol. The number of hydrogen-bond acceptors (Lipinski definition) is 3. The molecule has 4 aliphatic carbocycles. The van der Waals surface area contributed by atoms with E-state index in [9.17, 15) is 9.59 Å². The summed E-state index contributed by atoms with van der Waals surface area (Å²) in [5.74, 6) is 2.18. The number of amides is 2. The highest BCUT2D eigenvalue weighted by molar-refractivity contribution is 6.03. The first-order valence-electron chi connectivity index (χ1n) is 12.3. The molecule has 0 spiro atoms. The fraction of sp³-hybridized carbons (Fsp3) is 0.500. The van der Waals surface area contributed by atoms with Crippen molar-refractivity contribution in [1.29, 1.82) is 0 Å². The van der Waals surface area contributed by atoms with Gasteiger partial charge in [-0.05, 0) is 87.0 Å². The number of nitrogens with zero attached hydrogens (tertiary/aromatic N) is 1. The van der Waals surface area contributed by atoms with Gasteiger partial charge >= 0.3 is 0 Å². The third-order valence-electron chi connectivity index (χ3n) is 8.15. The number of hydrogen-bond donors (Lipinski definition) is 2. The quantitative estimate of drug-likeness (QED) is 0.626. The summed E-state index contributed by atoms with van der Waals surface area (Å²) >= 11 is 0. The molecule has 6 rings (SSSR count). The Morgan fingerprint density at radius 1 is 0.939 bits per heavy atom. The summed E-state index contributed by atoms with van der Waals surface area (Å²) < 4.78 is 0. The molecule has 4 aliphatic rings. The predicted octanol–water partition coefficient (Wildman–Crippen LogP) is 5.40. The molecule has 4 bridgehead atoms. The third-order valence-corrected chi connectivity index (χ3v) is 8.15. The molecule has 4 fully saturated rings. The first-order chi connectivity index (χ1) is 15.8. The van der Waals surface area contributed by atoms with E-state index in [0.29, 0.717) is 11.3 Å². The van der Waals surface area contributed by atoms with Gasteiger partial charge in [0.2, 0.25) is 5.91 Å². The van der Waals surface area contributed by atoms with Crippen LogP contribution in [0.1, 0.15) is 67.4 Å². The second-order valence-corrected chi connectivity index (χ2v) is 10.9. The summed E-state index contributed by atoms with van der Waals surface area (Å²) in [6, 6.07) is 15.5. The SMILES string of the molecule is C[C@@H](NC(=O)c1cc(NC(=O)C23CC4CC(CC(C4)C2)C3)ccc1N(C)C)c1ccccc1. The van der Waals surface area contributed by atoms with Crippen LogP contribution in [0.4, 0.5) is 11.4 Å². The van der Waals surface area contributed by atoms with Gasteiger partial charge in [-0.25, -0.2) is 0 Å². The van der Waals surface area contributed by atoms with Crippen LogP contribution in [0.3, 0.4) is 0 Å². The zero-order valence-electron chi connectivity index (χ0n) is 19.9. The Hall–Kier alpha value is -2.82. The van der Waals surface area contributed by atoms with Crippen LogP contribution in [0.15, 0.2) is 48.5 Å². The van der Waals surface area contributed by atoms with Crippen LogP contribution in [0, 0.1) is 23.2 Å². The number of benzene rings is 2. The van der Waals surface area contributed by atoms with Gasteiger partial charge in [-0.1, -0.05) is 30.3 Å². The molecular weight excluding hydrogens is 410 g/mol. The van der Waals surface area contributed by atoms with Gasteiger partial charge in [0.15, 0.2) is 0 Å². The van der Waals surface area contributed by atoms with E-state index in [-0.39, 0.29) is 23.3 Å². The Balaban J connectivity index is 1.35. The Labute approximate surface area is 196 Å². The van der Waals surface area contributed by atoms with Crippen LogP contribution in [0.25, 0.3) is 0 Å². The molecule has 2 aromatic rings. The van der Waals surface area contributed by atoms with Crippen molar-refractivity contribution >= 4 is 23.2 Å². The molecule has 5 nitrogen and oxygen atoms in total. The molecule has 2 aromatic carbocycles. The Morgan fingerprint density at radius 2 is 1.55 bits per heavy atom. The van der Waals surface area contributed by atoms with E-state index in [1.54, 1.807) is 0 Å². The van der Waals surface area contributed by atoms with Crippen LogP contribution in [0.2, 0.25) is 0 Å². The second-order valence-electron chi connectivity index (χ2n) is 10.9. The number of rotatable bonds is 6. The number of nitrogens with one attached hydrogen (secondary N) is 2. The van der Waals surface area contributed by atoms with Gasteiger partial charge in [-0.2, -0.15) is 0 Å². The van der Waals surface area contributed by atoms with Crippen LogP contribution >= 0.6 is 0 Å². The van der Waals surface area contributed by atoms with E-state index < -0.39 is 0 Å². The van der Waals surface area contributed by atoms with Crippen molar-refractivity contribution in [3.8, 4) is 0 Å². The van der Waals surface area contributed by atoms with Crippen molar-refractivity contribution in [3.63, 3.8) is 0 Å². The Kier molecular flexibility index (Phi) is 5.67. The standard InChI is InChI=1S/C28H35N3O2/c1-18(22-7-5-4-6-8-22)29-26(32)24-14-23(9-10-25(24)31(2)3)30-27(33)28-15-19-11-20(16-28)13-21(12-19)17-28/h4-10,14,18-21H,11-13,15-17H2,1-3H3,(H,29,32)(H,30,33)/t18-,19?,20?,21?,28?/m1/s1. The minimum atomic E-state index is -0.209. The van der Waals surface area contributed by atoms with E-state index >= 15 is 0 Å². The predicted molar refractivity (Wildman–Crippen MR) is 132 cm³/mol. The molecule has 0 heterocycles. The second kappa shape index (κ2) is 8.51. The molecule has 2 N–H and O–H groups in total. The molecule has 0 aliphatic heterocycles. The molecule has 33 heavy (non-hydrogen) atoms. The summed E-state index contributed by atoms with van der Waals surface area (Å²) in [6.07, 6.45) is 7.03. The smallest absolute Gasteiger partial charge is 0.253 e. The van der Waals surface area contributed by atoms with E-state index in [4.69, 9.17) is 0 Å². The molecule has 4 saturated carbocycles. The van der Waals surface area contributed by atoms with Gasteiger partial charge in [0.25, 0.3) is 5.91 Å². The number of anilines is 2. The maximum absolute atomic E-state index is 13.5. The highest BCUT2D eigenvalue weighted by atomic mass is 16.2. The molecule has 0 unspecified atom stereocenters. The lowest BCUT2D eigenvalue weighted by molar-refractivity contribution is -0.140. The summed E-state index contributed by atoms with van der Waals surface area (Å²) in [7, 11) is 3.86. The summed E-state index contributed by atoms with van der Waals surface area (Å²) in [4.78, 5) is 28.7. The average Bonchev–Trinajstić information content (AvgIpc) is 2.78. The highest BCUT2D eigenvalue weighted by Gasteiger charge is 2.54. The van der Waals surface area contributed by atoms with Crippen LogP contribution in [-0.4, -0.2) is 25.9 Å². The maximum atomic E-state index is 13.5. The number of carbonyl (C=O) groups is 2.